The van der Waals surface area contributed by atoms with Gasteiger partial charge in [-0.15, -0.1) is 12.4 Å². The second-order valence-corrected chi connectivity index (χ2v) is 3.90. The molecular formula is C4H12ClN3O3S. The van der Waals surface area contributed by atoms with E-state index in [0.29, 0.717) is 0 Å². The standard InChI is InChI=1S/C4H11N3O3S.ClH/c1-3(4(8)6-5)7-11(2,9)10;/h3,7H,5H2,1-2H3,(H,6,8);1H. The number of nitrogens with one attached hydrogen (secondary N) is 2. The highest BCUT2D eigenvalue weighted by Gasteiger charge is 2.14. The van der Waals surface area contributed by atoms with E-state index in [9.17, 15) is 13.2 Å². The molecule has 0 aromatic heterocycles. The molecule has 0 aromatic carbocycles. The number of carbonyl (C=O) groups excluding carboxylic acids is 1. The van der Waals surface area contributed by atoms with Crippen molar-refractivity contribution in [3.8, 4) is 0 Å². The minimum Gasteiger partial charge on any atom is -0.293 e. The molecule has 6 nitrogen and oxygen atoms in total. The molecule has 12 heavy (non-hydrogen) atoms. The lowest BCUT2D eigenvalue weighted by molar-refractivity contribution is -0.122. The molecule has 8 heteroatoms. The Balaban J connectivity index is 0. The van der Waals surface area contributed by atoms with Crippen molar-refractivity contribution < 1.29 is 13.2 Å². The van der Waals surface area contributed by atoms with Crippen molar-refractivity contribution in [2.45, 2.75) is 13.0 Å². The van der Waals surface area contributed by atoms with Gasteiger partial charge in [0.15, 0.2) is 0 Å². The van der Waals surface area contributed by atoms with E-state index in [4.69, 9.17) is 5.84 Å². The predicted molar refractivity (Wildman–Crippen MR) is 47.0 cm³/mol. The number of hydrogen-bond acceptors (Lipinski definition) is 4. The Morgan fingerprint density at radius 3 is 2.17 bits per heavy atom. The van der Waals surface area contributed by atoms with Crippen molar-refractivity contribution in [1.82, 2.24) is 10.1 Å². The first kappa shape index (κ1) is 14.2. The zero-order valence-corrected chi connectivity index (χ0v) is 8.33. The maximum Gasteiger partial charge on any atom is 0.251 e. The van der Waals surface area contributed by atoms with E-state index >= 15 is 0 Å². The van der Waals surface area contributed by atoms with Gasteiger partial charge in [-0.3, -0.25) is 10.2 Å². The van der Waals surface area contributed by atoms with Crippen LogP contribution in [-0.2, 0) is 14.8 Å². The first-order valence-electron chi connectivity index (χ1n) is 2.84. The quantitative estimate of drug-likeness (QED) is 0.299. The average Bonchev–Trinajstić information content (AvgIpc) is 1.82. The van der Waals surface area contributed by atoms with Crippen LogP contribution in [0.1, 0.15) is 6.92 Å². The molecule has 0 saturated carbocycles. The molecule has 0 aliphatic carbocycles. The third kappa shape index (κ3) is 6.35. The summed E-state index contributed by atoms with van der Waals surface area (Å²) in [5.74, 6) is 4.18. The fraction of sp³-hybridized carbons (Fsp3) is 0.750. The monoisotopic (exact) mass is 217 g/mol. The van der Waals surface area contributed by atoms with Crippen molar-refractivity contribution >= 4 is 28.3 Å². The van der Waals surface area contributed by atoms with Gasteiger partial charge in [-0.25, -0.2) is 19.0 Å². The molecule has 0 saturated heterocycles. The smallest absolute Gasteiger partial charge is 0.251 e. The highest BCUT2D eigenvalue weighted by molar-refractivity contribution is 7.88. The van der Waals surface area contributed by atoms with Gasteiger partial charge in [0, 0.05) is 0 Å². The molecule has 74 valence electrons. The third-order valence-electron chi connectivity index (χ3n) is 0.926. The molecule has 0 fully saturated rings. The highest BCUT2D eigenvalue weighted by Crippen LogP contribution is 1.83. The molecule has 0 spiro atoms. The summed E-state index contributed by atoms with van der Waals surface area (Å²) in [6, 6.07) is -0.838. The molecule has 0 aliphatic heterocycles. The number of amides is 1. The molecule has 0 radical (unpaired) electrons. The van der Waals surface area contributed by atoms with Crippen LogP contribution in [0.4, 0.5) is 0 Å². The number of hydrogen-bond donors (Lipinski definition) is 3. The summed E-state index contributed by atoms with van der Waals surface area (Å²) in [6.45, 7) is 1.39. The molecule has 0 aromatic rings. The molecular weight excluding hydrogens is 206 g/mol. The van der Waals surface area contributed by atoms with Crippen molar-refractivity contribution in [1.29, 1.82) is 0 Å². The SMILES string of the molecule is CC(NS(C)(=O)=O)C(=O)NN.Cl. The summed E-state index contributed by atoms with van der Waals surface area (Å²) in [4.78, 5) is 10.6. The summed E-state index contributed by atoms with van der Waals surface area (Å²) in [6.07, 6.45) is 0.966. The highest BCUT2D eigenvalue weighted by atomic mass is 35.5. The van der Waals surface area contributed by atoms with E-state index in [1.54, 1.807) is 0 Å². The Bertz CT molecular complexity index is 240. The maximum atomic E-state index is 10.6. The van der Waals surface area contributed by atoms with Crippen LogP contribution in [-0.4, -0.2) is 26.6 Å². The molecule has 4 N–H and O–H groups in total. The first-order valence-corrected chi connectivity index (χ1v) is 4.73. The number of rotatable bonds is 3. The Labute approximate surface area is 77.3 Å². The molecule has 0 bridgehead atoms. The third-order valence-corrected chi connectivity index (χ3v) is 1.71. The van der Waals surface area contributed by atoms with Gasteiger partial charge < -0.3 is 0 Å². The number of hydrazine groups is 1. The topological polar surface area (TPSA) is 101 Å². The molecule has 0 rings (SSSR count). The zero-order chi connectivity index (χ0) is 9.07. The van der Waals surface area contributed by atoms with Crippen molar-refractivity contribution in [3.63, 3.8) is 0 Å². The minimum atomic E-state index is -3.34. The normalized spacial score (nSPS) is 12.9. The van der Waals surface area contributed by atoms with Gasteiger partial charge in [0.25, 0.3) is 5.91 Å². The number of sulfonamides is 1. The number of halogens is 1. The van der Waals surface area contributed by atoms with Crippen LogP contribution in [0.2, 0.25) is 0 Å². The van der Waals surface area contributed by atoms with Gasteiger partial charge in [-0.05, 0) is 6.92 Å². The lowest BCUT2D eigenvalue weighted by atomic mass is 10.4. The zero-order valence-electron chi connectivity index (χ0n) is 6.70. The van der Waals surface area contributed by atoms with Gasteiger partial charge in [-0.2, -0.15) is 0 Å². The summed E-state index contributed by atoms with van der Waals surface area (Å²) < 4.78 is 23.1. The van der Waals surface area contributed by atoms with E-state index in [0.717, 1.165) is 6.26 Å². The Hall–Kier alpha value is -0.370. The Morgan fingerprint density at radius 2 is 1.92 bits per heavy atom. The van der Waals surface area contributed by atoms with Crippen LogP contribution >= 0.6 is 12.4 Å². The Kier molecular flexibility index (Phi) is 6.27. The predicted octanol–water partition coefficient (Wildman–Crippen LogP) is -1.66. The van der Waals surface area contributed by atoms with Gasteiger partial charge >= 0.3 is 0 Å². The van der Waals surface area contributed by atoms with Crippen LogP contribution in [0.5, 0.6) is 0 Å². The van der Waals surface area contributed by atoms with Crippen molar-refractivity contribution in [2.75, 3.05) is 6.26 Å². The van der Waals surface area contributed by atoms with Gasteiger partial charge in [0.2, 0.25) is 10.0 Å². The maximum absolute atomic E-state index is 10.6. The van der Waals surface area contributed by atoms with Crippen LogP contribution in [0.25, 0.3) is 0 Å². The van der Waals surface area contributed by atoms with Crippen molar-refractivity contribution in [2.24, 2.45) is 5.84 Å². The van der Waals surface area contributed by atoms with Crippen molar-refractivity contribution in [3.05, 3.63) is 0 Å². The molecule has 0 heterocycles. The largest absolute Gasteiger partial charge is 0.293 e. The Morgan fingerprint density at radius 1 is 1.50 bits per heavy atom. The summed E-state index contributed by atoms with van der Waals surface area (Å²) >= 11 is 0. The van der Waals surface area contributed by atoms with E-state index in [-0.39, 0.29) is 12.4 Å². The van der Waals surface area contributed by atoms with E-state index in [2.05, 4.69) is 0 Å². The minimum absolute atomic E-state index is 0. The lowest BCUT2D eigenvalue weighted by Crippen LogP contribution is -2.46. The average molecular weight is 218 g/mol. The summed E-state index contributed by atoms with van der Waals surface area (Å²) in [5, 5.41) is 0. The van der Waals surface area contributed by atoms with Crippen LogP contribution in [0.15, 0.2) is 0 Å². The molecule has 1 atom stereocenters. The second-order valence-electron chi connectivity index (χ2n) is 2.12. The fourth-order valence-electron chi connectivity index (χ4n) is 0.500. The van der Waals surface area contributed by atoms with E-state index < -0.39 is 22.0 Å². The second kappa shape index (κ2) is 5.31. The van der Waals surface area contributed by atoms with Gasteiger partial charge in [0.05, 0.1) is 12.3 Å². The number of nitrogens with two attached hydrogens (primary N) is 1. The van der Waals surface area contributed by atoms with E-state index in [1.165, 1.54) is 6.92 Å². The fourth-order valence-corrected chi connectivity index (χ4v) is 1.25. The lowest BCUT2D eigenvalue weighted by Gasteiger charge is -2.08. The molecule has 1 unspecified atom stereocenters. The van der Waals surface area contributed by atoms with Crippen LogP contribution < -0.4 is 16.0 Å². The summed E-state index contributed by atoms with van der Waals surface area (Å²) in [5.41, 5.74) is 1.82. The number of carbonyl (C=O) groups is 1. The van der Waals surface area contributed by atoms with Gasteiger partial charge in [-0.1, -0.05) is 0 Å². The molecule has 0 aliphatic rings. The van der Waals surface area contributed by atoms with Crippen LogP contribution in [0, 0.1) is 0 Å². The van der Waals surface area contributed by atoms with Gasteiger partial charge in [0.1, 0.15) is 0 Å². The van der Waals surface area contributed by atoms with Crippen LogP contribution in [0.3, 0.4) is 0 Å². The molecule has 1 amide bonds. The first-order chi connectivity index (χ1) is 4.87. The van der Waals surface area contributed by atoms with E-state index in [1.807, 2.05) is 10.1 Å². The summed E-state index contributed by atoms with van der Waals surface area (Å²) in [7, 11) is -3.34.